The van der Waals surface area contributed by atoms with E-state index < -0.39 is 0 Å². The SMILES string of the molecule is CCCCCCC(C)NC(=O)/C=C/c1ccccc1Cl. The van der Waals surface area contributed by atoms with Crippen molar-refractivity contribution in [3.05, 3.63) is 40.9 Å². The third-order valence-corrected chi connectivity index (χ3v) is 3.54. The van der Waals surface area contributed by atoms with Crippen molar-refractivity contribution < 1.29 is 4.79 Å². The number of hydrogen-bond donors (Lipinski definition) is 1. The summed E-state index contributed by atoms with van der Waals surface area (Å²) in [6.07, 6.45) is 9.25. The van der Waals surface area contributed by atoms with Crippen LogP contribution in [0.4, 0.5) is 0 Å². The first-order chi connectivity index (χ1) is 9.63. The number of benzene rings is 1. The molecule has 0 fully saturated rings. The van der Waals surface area contributed by atoms with Gasteiger partial charge in [-0.2, -0.15) is 0 Å². The van der Waals surface area contributed by atoms with Gasteiger partial charge in [0.1, 0.15) is 0 Å². The molecule has 0 aliphatic carbocycles. The Morgan fingerprint density at radius 2 is 2.05 bits per heavy atom. The summed E-state index contributed by atoms with van der Waals surface area (Å²) in [6, 6.07) is 7.70. The van der Waals surface area contributed by atoms with Crippen molar-refractivity contribution in [2.75, 3.05) is 0 Å². The number of nitrogens with one attached hydrogen (secondary N) is 1. The molecular weight excluding hydrogens is 270 g/mol. The minimum Gasteiger partial charge on any atom is -0.350 e. The van der Waals surface area contributed by atoms with E-state index in [4.69, 9.17) is 11.6 Å². The van der Waals surface area contributed by atoms with E-state index in [0.29, 0.717) is 5.02 Å². The average Bonchev–Trinajstić information content (AvgIpc) is 2.43. The van der Waals surface area contributed by atoms with E-state index in [1.807, 2.05) is 31.2 Å². The van der Waals surface area contributed by atoms with Gasteiger partial charge in [0.2, 0.25) is 5.91 Å². The van der Waals surface area contributed by atoms with Gasteiger partial charge in [-0.25, -0.2) is 0 Å². The topological polar surface area (TPSA) is 29.1 Å². The molecule has 3 heteroatoms. The number of carbonyl (C=O) groups excluding carboxylic acids is 1. The van der Waals surface area contributed by atoms with Gasteiger partial charge in [-0.3, -0.25) is 4.79 Å². The first-order valence-corrected chi connectivity index (χ1v) is 7.74. The lowest BCUT2D eigenvalue weighted by molar-refractivity contribution is -0.117. The fourth-order valence-electron chi connectivity index (χ4n) is 2.02. The summed E-state index contributed by atoms with van der Waals surface area (Å²) in [5.41, 5.74) is 0.861. The van der Waals surface area contributed by atoms with Crippen molar-refractivity contribution >= 4 is 23.6 Å². The minimum absolute atomic E-state index is 0.0621. The Morgan fingerprint density at radius 1 is 1.30 bits per heavy atom. The molecule has 1 aromatic carbocycles. The molecule has 20 heavy (non-hydrogen) atoms. The standard InChI is InChI=1S/C17H24ClNO/c1-3-4-5-6-9-14(2)19-17(20)13-12-15-10-7-8-11-16(15)18/h7-8,10-14H,3-6,9H2,1-2H3,(H,19,20)/b13-12+. The van der Waals surface area contributed by atoms with Crippen molar-refractivity contribution in [2.24, 2.45) is 0 Å². The molecule has 0 saturated heterocycles. The Morgan fingerprint density at radius 3 is 2.75 bits per heavy atom. The van der Waals surface area contributed by atoms with E-state index in [2.05, 4.69) is 12.2 Å². The third-order valence-electron chi connectivity index (χ3n) is 3.20. The number of rotatable bonds is 8. The smallest absolute Gasteiger partial charge is 0.244 e. The lowest BCUT2D eigenvalue weighted by Gasteiger charge is -2.12. The van der Waals surface area contributed by atoms with Crippen LogP contribution in [0.15, 0.2) is 30.3 Å². The van der Waals surface area contributed by atoms with Crippen LogP contribution < -0.4 is 5.32 Å². The fraction of sp³-hybridized carbons (Fsp3) is 0.471. The van der Waals surface area contributed by atoms with Crippen LogP contribution in [0, 0.1) is 0 Å². The van der Waals surface area contributed by atoms with Gasteiger partial charge in [0.05, 0.1) is 0 Å². The Bertz CT molecular complexity index is 442. The summed E-state index contributed by atoms with van der Waals surface area (Å²) in [5, 5.41) is 3.63. The highest BCUT2D eigenvalue weighted by Crippen LogP contribution is 2.16. The average molecular weight is 294 g/mol. The lowest BCUT2D eigenvalue weighted by Crippen LogP contribution is -2.30. The van der Waals surface area contributed by atoms with Crippen LogP contribution in [0.3, 0.4) is 0 Å². The largest absolute Gasteiger partial charge is 0.350 e. The normalized spacial score (nSPS) is 12.6. The lowest BCUT2D eigenvalue weighted by atomic mass is 10.1. The van der Waals surface area contributed by atoms with Crippen LogP contribution in [-0.2, 0) is 4.79 Å². The van der Waals surface area contributed by atoms with Crippen molar-refractivity contribution in [3.8, 4) is 0 Å². The molecule has 1 N–H and O–H groups in total. The van der Waals surface area contributed by atoms with Crippen LogP contribution in [0.2, 0.25) is 5.02 Å². The van der Waals surface area contributed by atoms with E-state index in [1.54, 1.807) is 12.2 Å². The number of halogens is 1. The number of amides is 1. The summed E-state index contributed by atoms with van der Waals surface area (Å²) in [7, 11) is 0. The molecule has 2 nitrogen and oxygen atoms in total. The number of hydrogen-bond acceptors (Lipinski definition) is 1. The molecule has 0 spiro atoms. The zero-order valence-corrected chi connectivity index (χ0v) is 13.1. The molecule has 0 radical (unpaired) electrons. The van der Waals surface area contributed by atoms with Crippen molar-refractivity contribution in [2.45, 2.75) is 52.0 Å². The Hall–Kier alpha value is -1.28. The molecule has 0 saturated carbocycles. The molecule has 1 unspecified atom stereocenters. The quantitative estimate of drug-likeness (QED) is 0.540. The molecule has 0 heterocycles. The highest BCUT2D eigenvalue weighted by Gasteiger charge is 2.04. The second kappa shape index (κ2) is 9.60. The van der Waals surface area contributed by atoms with Gasteiger partial charge in [-0.1, -0.05) is 62.4 Å². The predicted molar refractivity (Wildman–Crippen MR) is 86.8 cm³/mol. The molecule has 0 aliphatic heterocycles. The van der Waals surface area contributed by atoms with Crippen LogP contribution >= 0.6 is 11.6 Å². The second-order valence-corrected chi connectivity index (χ2v) is 5.52. The monoisotopic (exact) mass is 293 g/mol. The molecule has 1 rings (SSSR count). The van der Waals surface area contributed by atoms with Gasteiger partial charge in [-0.15, -0.1) is 0 Å². The van der Waals surface area contributed by atoms with E-state index in [9.17, 15) is 4.79 Å². The van der Waals surface area contributed by atoms with Gasteiger partial charge in [-0.05, 0) is 31.1 Å². The van der Waals surface area contributed by atoms with Crippen molar-refractivity contribution in [1.29, 1.82) is 0 Å². The summed E-state index contributed by atoms with van der Waals surface area (Å²) in [5.74, 6) is -0.0621. The van der Waals surface area contributed by atoms with Crippen LogP contribution in [0.25, 0.3) is 6.08 Å². The molecular formula is C17H24ClNO. The van der Waals surface area contributed by atoms with Gasteiger partial charge in [0.25, 0.3) is 0 Å². The molecule has 0 aliphatic rings. The number of carbonyl (C=O) groups is 1. The minimum atomic E-state index is -0.0621. The maximum atomic E-state index is 11.8. The number of unbranched alkanes of at least 4 members (excludes halogenated alkanes) is 3. The zero-order valence-electron chi connectivity index (χ0n) is 12.4. The zero-order chi connectivity index (χ0) is 14.8. The molecule has 1 amide bonds. The Labute approximate surface area is 127 Å². The summed E-state index contributed by atoms with van der Waals surface area (Å²) >= 11 is 6.03. The molecule has 1 atom stereocenters. The van der Waals surface area contributed by atoms with Crippen LogP contribution in [0.5, 0.6) is 0 Å². The van der Waals surface area contributed by atoms with E-state index in [0.717, 1.165) is 12.0 Å². The fourth-order valence-corrected chi connectivity index (χ4v) is 2.21. The van der Waals surface area contributed by atoms with E-state index in [1.165, 1.54) is 25.7 Å². The van der Waals surface area contributed by atoms with Crippen molar-refractivity contribution in [1.82, 2.24) is 5.32 Å². The summed E-state index contributed by atoms with van der Waals surface area (Å²) in [4.78, 5) is 11.8. The summed E-state index contributed by atoms with van der Waals surface area (Å²) < 4.78 is 0. The molecule has 110 valence electrons. The Balaban J connectivity index is 2.34. The first kappa shape index (κ1) is 16.8. The Kier molecular flexibility index (Phi) is 8.05. The second-order valence-electron chi connectivity index (χ2n) is 5.11. The van der Waals surface area contributed by atoms with Gasteiger partial charge in [0.15, 0.2) is 0 Å². The maximum Gasteiger partial charge on any atom is 0.244 e. The van der Waals surface area contributed by atoms with Gasteiger partial charge in [0, 0.05) is 17.1 Å². The summed E-state index contributed by atoms with van der Waals surface area (Å²) in [6.45, 7) is 4.25. The predicted octanol–water partition coefficient (Wildman–Crippen LogP) is 4.83. The maximum absolute atomic E-state index is 11.8. The van der Waals surface area contributed by atoms with Crippen LogP contribution in [-0.4, -0.2) is 11.9 Å². The van der Waals surface area contributed by atoms with Crippen LogP contribution in [0.1, 0.15) is 51.5 Å². The van der Waals surface area contributed by atoms with E-state index >= 15 is 0 Å². The van der Waals surface area contributed by atoms with Gasteiger partial charge >= 0.3 is 0 Å². The first-order valence-electron chi connectivity index (χ1n) is 7.36. The molecule has 0 aromatic heterocycles. The molecule has 0 bridgehead atoms. The third kappa shape index (κ3) is 6.76. The van der Waals surface area contributed by atoms with Crippen molar-refractivity contribution in [3.63, 3.8) is 0 Å². The highest BCUT2D eigenvalue weighted by molar-refractivity contribution is 6.32. The van der Waals surface area contributed by atoms with Gasteiger partial charge < -0.3 is 5.32 Å². The van der Waals surface area contributed by atoms with E-state index in [-0.39, 0.29) is 11.9 Å². The molecule has 1 aromatic rings. The highest BCUT2D eigenvalue weighted by atomic mass is 35.5.